The fourth-order valence-corrected chi connectivity index (χ4v) is 7.10. The van der Waals surface area contributed by atoms with Crippen molar-refractivity contribution in [3.05, 3.63) is 164 Å². The first-order valence-corrected chi connectivity index (χ1v) is 16.4. The maximum Gasteiger partial charge on any atom is 0.164 e. The minimum absolute atomic E-state index is 0.600. The van der Waals surface area contributed by atoms with Gasteiger partial charge in [-0.1, -0.05) is 146 Å². The zero-order valence-corrected chi connectivity index (χ0v) is 26.3. The van der Waals surface area contributed by atoms with Gasteiger partial charge in [-0.2, -0.15) is 0 Å². The van der Waals surface area contributed by atoms with Crippen molar-refractivity contribution in [2.45, 2.75) is 0 Å². The fraction of sp³-hybridized carbons (Fsp3) is 0. The molecule has 8 aromatic carbocycles. The van der Waals surface area contributed by atoms with Crippen LogP contribution in [0.25, 0.3) is 99.5 Å². The van der Waals surface area contributed by atoms with Gasteiger partial charge in [-0.3, -0.25) is 0 Å². The lowest BCUT2D eigenvalue weighted by Crippen LogP contribution is -2.00. The molecule has 0 radical (unpaired) electrons. The molecular weight excluding hydrogens is 599 g/mol. The van der Waals surface area contributed by atoms with E-state index in [9.17, 15) is 0 Å². The van der Waals surface area contributed by atoms with Crippen LogP contribution in [0.5, 0.6) is 0 Å². The molecule has 0 aliphatic rings. The lowest BCUT2D eigenvalue weighted by atomic mass is 9.97. The third kappa shape index (κ3) is 4.57. The average molecular weight is 626 g/mol. The highest BCUT2D eigenvalue weighted by Crippen LogP contribution is 2.42. The Kier molecular flexibility index (Phi) is 6.15. The van der Waals surface area contributed by atoms with E-state index < -0.39 is 0 Å². The minimum Gasteiger partial charge on any atom is -0.455 e. The van der Waals surface area contributed by atoms with Gasteiger partial charge in [0.15, 0.2) is 17.5 Å². The third-order valence-corrected chi connectivity index (χ3v) is 9.48. The van der Waals surface area contributed by atoms with E-state index >= 15 is 0 Å². The smallest absolute Gasteiger partial charge is 0.164 e. The van der Waals surface area contributed by atoms with Crippen molar-refractivity contribution < 1.29 is 4.42 Å². The average Bonchev–Trinajstić information content (AvgIpc) is 3.56. The molecule has 0 saturated heterocycles. The van der Waals surface area contributed by atoms with Gasteiger partial charge in [-0.05, 0) is 56.1 Å². The van der Waals surface area contributed by atoms with Gasteiger partial charge >= 0.3 is 0 Å². The molecule has 0 bridgehead atoms. The first-order chi connectivity index (χ1) is 24.3. The summed E-state index contributed by atoms with van der Waals surface area (Å²) in [5.74, 6) is 1.85. The second-order valence-electron chi connectivity index (χ2n) is 12.4. The highest BCUT2D eigenvalue weighted by Gasteiger charge is 2.20. The van der Waals surface area contributed by atoms with Gasteiger partial charge in [0, 0.05) is 33.0 Å². The van der Waals surface area contributed by atoms with E-state index in [0.29, 0.717) is 17.5 Å². The number of aromatic nitrogens is 3. The highest BCUT2D eigenvalue weighted by molar-refractivity contribution is 6.23. The van der Waals surface area contributed by atoms with Gasteiger partial charge in [0.05, 0.1) is 0 Å². The molecule has 0 aliphatic heterocycles. The maximum absolute atomic E-state index is 6.76. The number of para-hydroxylation sites is 1. The maximum atomic E-state index is 6.76. The largest absolute Gasteiger partial charge is 0.455 e. The van der Waals surface area contributed by atoms with Crippen LogP contribution in [0.2, 0.25) is 0 Å². The molecule has 0 unspecified atom stereocenters. The van der Waals surface area contributed by atoms with Gasteiger partial charge in [0.25, 0.3) is 0 Å². The minimum atomic E-state index is 0.600. The number of benzene rings is 8. The van der Waals surface area contributed by atoms with E-state index in [2.05, 4.69) is 158 Å². The summed E-state index contributed by atoms with van der Waals surface area (Å²) in [6, 6.07) is 56.9. The summed E-state index contributed by atoms with van der Waals surface area (Å²) in [5.41, 5.74) is 6.63. The van der Waals surface area contributed by atoms with Crippen LogP contribution in [0, 0.1) is 0 Å². The summed E-state index contributed by atoms with van der Waals surface area (Å²) in [6.45, 7) is 0. The predicted molar refractivity (Wildman–Crippen MR) is 201 cm³/mol. The van der Waals surface area contributed by atoms with Crippen molar-refractivity contribution in [2.75, 3.05) is 0 Å². The number of rotatable bonds is 4. The van der Waals surface area contributed by atoms with E-state index in [0.717, 1.165) is 71.3 Å². The molecule has 228 valence electrons. The zero-order chi connectivity index (χ0) is 32.3. The van der Waals surface area contributed by atoms with Gasteiger partial charge in [-0.15, -0.1) is 0 Å². The molecule has 2 aromatic heterocycles. The Labute approximate surface area is 282 Å². The molecule has 49 heavy (non-hydrogen) atoms. The summed E-state index contributed by atoms with van der Waals surface area (Å²) in [6.07, 6.45) is 0. The predicted octanol–water partition coefficient (Wildman–Crippen LogP) is 11.9. The van der Waals surface area contributed by atoms with E-state index in [-0.39, 0.29) is 0 Å². The third-order valence-electron chi connectivity index (χ3n) is 9.48. The lowest BCUT2D eigenvalue weighted by molar-refractivity contribution is 0.670. The normalized spacial score (nSPS) is 11.7. The molecule has 4 nitrogen and oxygen atoms in total. The van der Waals surface area contributed by atoms with Gasteiger partial charge in [0.2, 0.25) is 0 Å². The van der Waals surface area contributed by atoms with Gasteiger partial charge < -0.3 is 4.42 Å². The summed E-state index contributed by atoms with van der Waals surface area (Å²) in [5, 5.41) is 8.95. The quantitative estimate of drug-likeness (QED) is 0.195. The van der Waals surface area contributed by atoms with Crippen LogP contribution < -0.4 is 0 Å². The van der Waals surface area contributed by atoms with Crippen LogP contribution in [0.3, 0.4) is 0 Å². The SMILES string of the molecule is c1ccc(-c2cccc3c2oc2cc(-c4nc(-c5ccc6ccccc6c5)nc(-c5ccc6ccccc6c5)n4)c4ccccc4c23)cc1. The van der Waals surface area contributed by atoms with Crippen molar-refractivity contribution in [1.82, 2.24) is 15.0 Å². The van der Waals surface area contributed by atoms with E-state index in [1.807, 2.05) is 6.07 Å². The highest BCUT2D eigenvalue weighted by atomic mass is 16.3. The molecule has 0 saturated carbocycles. The number of hydrogen-bond donors (Lipinski definition) is 0. The molecule has 0 N–H and O–H groups in total. The van der Waals surface area contributed by atoms with E-state index in [4.69, 9.17) is 19.4 Å². The van der Waals surface area contributed by atoms with Crippen molar-refractivity contribution in [3.8, 4) is 45.3 Å². The summed E-state index contributed by atoms with van der Waals surface area (Å²) >= 11 is 0. The van der Waals surface area contributed by atoms with E-state index in [1.165, 1.54) is 10.8 Å². The fourth-order valence-electron chi connectivity index (χ4n) is 7.10. The number of hydrogen-bond acceptors (Lipinski definition) is 4. The van der Waals surface area contributed by atoms with Crippen molar-refractivity contribution >= 4 is 54.3 Å². The molecule has 10 rings (SSSR count). The monoisotopic (exact) mass is 625 g/mol. The first kappa shape index (κ1) is 27.5. The Balaban J connectivity index is 1.25. The lowest BCUT2D eigenvalue weighted by Gasteiger charge is -2.12. The Morgan fingerprint density at radius 2 is 0.898 bits per heavy atom. The van der Waals surface area contributed by atoms with Crippen LogP contribution in [0.15, 0.2) is 168 Å². The summed E-state index contributed by atoms with van der Waals surface area (Å²) in [4.78, 5) is 15.5. The van der Waals surface area contributed by atoms with Crippen molar-refractivity contribution in [1.29, 1.82) is 0 Å². The molecular formula is C45H27N3O. The molecule has 0 atom stereocenters. The molecule has 0 spiro atoms. The second-order valence-corrected chi connectivity index (χ2v) is 12.4. The van der Waals surface area contributed by atoms with Gasteiger partial charge in [-0.25, -0.2) is 15.0 Å². The molecule has 2 heterocycles. The molecule has 10 aromatic rings. The Hall–Kier alpha value is -6.65. The number of furan rings is 1. The van der Waals surface area contributed by atoms with Crippen LogP contribution in [0.4, 0.5) is 0 Å². The Morgan fingerprint density at radius 3 is 1.57 bits per heavy atom. The Morgan fingerprint density at radius 1 is 0.347 bits per heavy atom. The van der Waals surface area contributed by atoms with Crippen LogP contribution >= 0.6 is 0 Å². The number of fused-ring (bicyclic) bond motifs is 7. The Bertz CT molecular complexity index is 2790. The topological polar surface area (TPSA) is 51.8 Å². The van der Waals surface area contributed by atoms with Crippen LogP contribution in [-0.4, -0.2) is 15.0 Å². The number of nitrogens with zero attached hydrogens (tertiary/aromatic N) is 3. The molecule has 0 aliphatic carbocycles. The molecule has 4 heteroatoms. The van der Waals surface area contributed by atoms with Crippen LogP contribution in [-0.2, 0) is 0 Å². The summed E-state index contributed by atoms with van der Waals surface area (Å²) < 4.78 is 6.76. The zero-order valence-electron chi connectivity index (χ0n) is 26.3. The molecule has 0 amide bonds. The van der Waals surface area contributed by atoms with Crippen molar-refractivity contribution in [2.24, 2.45) is 0 Å². The van der Waals surface area contributed by atoms with E-state index in [1.54, 1.807) is 0 Å². The van der Waals surface area contributed by atoms with Crippen molar-refractivity contribution in [3.63, 3.8) is 0 Å². The van der Waals surface area contributed by atoms with Gasteiger partial charge in [0.1, 0.15) is 11.2 Å². The van der Waals surface area contributed by atoms with Crippen LogP contribution in [0.1, 0.15) is 0 Å². The summed E-state index contributed by atoms with van der Waals surface area (Å²) in [7, 11) is 0. The standard InChI is InChI=1S/C45H27N3O/c1-2-13-30(14-3-1)35-19-10-20-38-41-37-18-9-8-17-36(37)39(27-40(41)49-42(35)38)45-47-43(33-23-21-28-11-4-6-15-31(28)25-33)46-44(48-45)34-24-22-29-12-5-7-16-32(29)26-34/h1-27H. The first-order valence-electron chi connectivity index (χ1n) is 16.4. The molecule has 0 fully saturated rings. The second kappa shape index (κ2) is 11.0.